The Morgan fingerprint density at radius 1 is 1.35 bits per heavy atom. The van der Waals surface area contributed by atoms with Crippen molar-refractivity contribution in [2.45, 2.75) is 40.7 Å². The smallest absolute Gasteiger partial charge is 0.108 e. The second-order valence-electron chi connectivity index (χ2n) is 4.07. The molecule has 0 atom stereocenters. The van der Waals surface area contributed by atoms with E-state index in [0.717, 1.165) is 34.6 Å². The lowest BCUT2D eigenvalue weighted by Crippen LogP contribution is -1.98. The van der Waals surface area contributed by atoms with Crippen molar-refractivity contribution in [2.75, 3.05) is 0 Å². The summed E-state index contributed by atoms with van der Waals surface area (Å²) in [5, 5.41) is 0. The average molecular weight is 273 g/mol. The van der Waals surface area contributed by atoms with E-state index in [0.29, 0.717) is 6.54 Å². The lowest BCUT2D eigenvalue weighted by Gasteiger charge is -2.12. The third-order valence-electron chi connectivity index (χ3n) is 2.75. The molecule has 1 rings (SSSR count). The zero-order chi connectivity index (χ0) is 15.5. The predicted molar refractivity (Wildman–Crippen MR) is 89.0 cm³/mol. The van der Waals surface area contributed by atoms with E-state index in [1.54, 1.807) is 6.08 Å². The fraction of sp³-hybridized carbons (Fsp3) is 0.333. The molecule has 0 heterocycles. The molecule has 0 aliphatic carbocycles. The molecule has 0 aliphatic rings. The molecule has 2 nitrogen and oxygen atoms in total. The van der Waals surface area contributed by atoms with Gasteiger partial charge in [-0.1, -0.05) is 58.2 Å². The summed E-state index contributed by atoms with van der Waals surface area (Å²) in [5.41, 5.74) is 8.78. The van der Waals surface area contributed by atoms with Crippen LogP contribution in [-0.4, -0.2) is 0 Å². The molecule has 0 aromatic heterocycles. The molecular weight excluding hydrogens is 246 g/mol. The molecule has 0 bridgehead atoms. The van der Waals surface area contributed by atoms with Gasteiger partial charge in [0.2, 0.25) is 0 Å². The molecule has 0 radical (unpaired) electrons. The average Bonchev–Trinajstić information content (AvgIpc) is 2.50. The first-order chi connectivity index (χ1) is 9.62. The van der Waals surface area contributed by atoms with Gasteiger partial charge in [-0.15, -0.1) is 0 Å². The summed E-state index contributed by atoms with van der Waals surface area (Å²) >= 11 is 0. The lowest BCUT2D eigenvalue weighted by molar-refractivity contribution is 0.300. The highest BCUT2D eigenvalue weighted by molar-refractivity contribution is 5.75. The van der Waals surface area contributed by atoms with E-state index in [1.165, 1.54) is 0 Å². The van der Waals surface area contributed by atoms with Gasteiger partial charge >= 0.3 is 0 Å². The van der Waals surface area contributed by atoms with Crippen LogP contribution in [0, 0.1) is 0 Å². The molecule has 20 heavy (non-hydrogen) atoms. The Labute approximate surface area is 123 Å². The molecule has 0 saturated carbocycles. The van der Waals surface area contributed by atoms with Crippen molar-refractivity contribution in [3.63, 3.8) is 0 Å². The molecule has 0 spiro atoms. The van der Waals surface area contributed by atoms with Crippen LogP contribution in [-0.2, 0) is 11.3 Å². The van der Waals surface area contributed by atoms with Crippen LogP contribution >= 0.6 is 0 Å². The van der Waals surface area contributed by atoms with E-state index >= 15 is 0 Å². The first kappa shape index (κ1) is 18.2. The van der Waals surface area contributed by atoms with E-state index in [1.807, 2.05) is 45.9 Å². The number of hydrogen-bond acceptors (Lipinski definition) is 2. The number of ether oxygens (including phenoxy) is 1. The van der Waals surface area contributed by atoms with Crippen LogP contribution in [0.2, 0.25) is 0 Å². The standard InChI is InChI=1S/C16H21NO.C2H6/c1-5-12(3)18-13(4)16(6-2)15-9-7-8-14(10-15)11-17;1-2/h6-10H,2-3,5,11,17H2,1,4H3;1-2H3/b16-13-;. The van der Waals surface area contributed by atoms with Gasteiger partial charge in [-0.25, -0.2) is 0 Å². The maximum atomic E-state index is 5.66. The van der Waals surface area contributed by atoms with Crippen LogP contribution < -0.4 is 5.73 Å². The minimum atomic E-state index is 0.528. The van der Waals surface area contributed by atoms with Crippen molar-refractivity contribution in [2.24, 2.45) is 5.73 Å². The Hall–Kier alpha value is -1.80. The van der Waals surface area contributed by atoms with Crippen molar-refractivity contribution in [1.82, 2.24) is 0 Å². The third kappa shape index (κ3) is 5.45. The van der Waals surface area contributed by atoms with Gasteiger partial charge in [-0.05, 0) is 24.1 Å². The SMILES string of the molecule is C=C/C(=C(\C)OC(=C)CC)c1cccc(CN)c1.CC. The van der Waals surface area contributed by atoms with E-state index in [-0.39, 0.29) is 0 Å². The van der Waals surface area contributed by atoms with Gasteiger partial charge in [0.1, 0.15) is 5.76 Å². The van der Waals surface area contributed by atoms with Crippen molar-refractivity contribution < 1.29 is 4.74 Å². The van der Waals surface area contributed by atoms with Crippen molar-refractivity contribution in [3.05, 3.63) is 66.1 Å². The molecule has 0 unspecified atom stereocenters. The monoisotopic (exact) mass is 273 g/mol. The van der Waals surface area contributed by atoms with Crippen LogP contribution in [0.5, 0.6) is 0 Å². The van der Waals surface area contributed by atoms with Gasteiger partial charge in [0.05, 0.1) is 5.76 Å². The van der Waals surface area contributed by atoms with Gasteiger partial charge in [0.25, 0.3) is 0 Å². The summed E-state index contributed by atoms with van der Waals surface area (Å²) < 4.78 is 5.66. The molecule has 0 saturated heterocycles. The van der Waals surface area contributed by atoms with E-state index < -0.39 is 0 Å². The predicted octanol–water partition coefficient (Wildman–Crippen LogP) is 5.03. The van der Waals surface area contributed by atoms with Gasteiger partial charge in [0.15, 0.2) is 0 Å². The zero-order valence-electron chi connectivity index (χ0n) is 13.2. The van der Waals surface area contributed by atoms with Crippen molar-refractivity contribution >= 4 is 5.57 Å². The molecule has 0 amide bonds. The largest absolute Gasteiger partial charge is 0.466 e. The van der Waals surface area contributed by atoms with E-state index in [9.17, 15) is 0 Å². The first-order valence-electron chi connectivity index (χ1n) is 7.10. The van der Waals surface area contributed by atoms with Crippen LogP contribution in [0.1, 0.15) is 45.2 Å². The lowest BCUT2D eigenvalue weighted by atomic mass is 10.0. The number of hydrogen-bond donors (Lipinski definition) is 1. The summed E-state index contributed by atoms with van der Waals surface area (Å²) in [6, 6.07) is 8.07. The Morgan fingerprint density at radius 2 is 2.00 bits per heavy atom. The Morgan fingerprint density at radius 3 is 2.50 bits per heavy atom. The Balaban J connectivity index is 0.00000172. The number of rotatable bonds is 6. The summed E-state index contributed by atoms with van der Waals surface area (Å²) in [4.78, 5) is 0. The minimum absolute atomic E-state index is 0.528. The molecule has 1 aromatic rings. The maximum Gasteiger partial charge on any atom is 0.108 e. The molecule has 0 aliphatic heterocycles. The number of benzene rings is 1. The summed E-state index contributed by atoms with van der Waals surface area (Å²) in [6.45, 7) is 16.2. The third-order valence-corrected chi connectivity index (χ3v) is 2.75. The van der Waals surface area contributed by atoms with E-state index in [4.69, 9.17) is 10.5 Å². The first-order valence-corrected chi connectivity index (χ1v) is 7.10. The summed E-state index contributed by atoms with van der Waals surface area (Å²) in [5.74, 6) is 1.56. The second kappa shape index (κ2) is 10.0. The molecule has 2 heteroatoms. The topological polar surface area (TPSA) is 35.2 Å². The molecular formula is C18H27NO. The summed E-state index contributed by atoms with van der Waals surface area (Å²) in [7, 11) is 0. The maximum absolute atomic E-state index is 5.66. The van der Waals surface area contributed by atoms with Gasteiger partial charge in [0, 0.05) is 18.5 Å². The Bertz CT molecular complexity index is 472. The van der Waals surface area contributed by atoms with E-state index in [2.05, 4.69) is 19.2 Å². The Kier molecular flexibility index (Phi) is 9.14. The number of allylic oxidation sites excluding steroid dienone is 4. The molecule has 0 fully saturated rings. The van der Waals surface area contributed by atoms with Crippen LogP contribution in [0.25, 0.3) is 5.57 Å². The highest BCUT2D eigenvalue weighted by atomic mass is 16.5. The van der Waals surface area contributed by atoms with Crippen LogP contribution in [0.3, 0.4) is 0 Å². The highest BCUT2D eigenvalue weighted by Gasteiger charge is 2.05. The molecule has 2 N–H and O–H groups in total. The van der Waals surface area contributed by atoms with Crippen molar-refractivity contribution in [3.8, 4) is 0 Å². The minimum Gasteiger partial charge on any atom is -0.466 e. The molecule has 1 aromatic carbocycles. The zero-order valence-corrected chi connectivity index (χ0v) is 13.2. The summed E-state index contributed by atoms with van der Waals surface area (Å²) in [6.07, 6.45) is 2.60. The van der Waals surface area contributed by atoms with Gasteiger partial charge in [-0.2, -0.15) is 0 Å². The number of nitrogens with two attached hydrogens (primary N) is 1. The van der Waals surface area contributed by atoms with Crippen LogP contribution in [0.15, 0.2) is 55.0 Å². The van der Waals surface area contributed by atoms with Gasteiger partial charge in [-0.3, -0.25) is 0 Å². The van der Waals surface area contributed by atoms with Gasteiger partial charge < -0.3 is 10.5 Å². The second-order valence-corrected chi connectivity index (χ2v) is 4.07. The van der Waals surface area contributed by atoms with Crippen LogP contribution in [0.4, 0.5) is 0 Å². The highest BCUT2D eigenvalue weighted by Crippen LogP contribution is 2.23. The molecule has 110 valence electrons. The van der Waals surface area contributed by atoms with Crippen molar-refractivity contribution in [1.29, 1.82) is 0 Å². The fourth-order valence-corrected chi connectivity index (χ4v) is 1.67. The normalized spacial score (nSPS) is 10.8. The fourth-order valence-electron chi connectivity index (χ4n) is 1.67. The quantitative estimate of drug-likeness (QED) is 0.583.